The molecular weight excluding hydrogens is 247 g/mol. The molecule has 0 radical (unpaired) electrons. The molecule has 2 aromatic heterocycles. The van der Waals surface area contributed by atoms with E-state index < -0.39 is 0 Å². The number of nitrogens with zero attached hydrogens (tertiary/aromatic N) is 3. The maximum atomic E-state index is 12.9. The third kappa shape index (κ3) is 2.01. The molecule has 1 aromatic carbocycles. The zero-order chi connectivity index (χ0) is 13.4. The maximum absolute atomic E-state index is 12.9. The van der Waals surface area contributed by atoms with Crippen LogP contribution in [-0.4, -0.2) is 19.8 Å². The highest BCUT2D eigenvalue weighted by molar-refractivity contribution is 5.41. The third-order valence-corrected chi connectivity index (χ3v) is 3.06. The third-order valence-electron chi connectivity index (χ3n) is 3.06. The molecule has 0 bridgehead atoms. The lowest BCUT2D eigenvalue weighted by Crippen LogP contribution is -2.17. The summed E-state index contributed by atoms with van der Waals surface area (Å²) in [5.74, 6) is -0.290. The molecule has 0 unspecified atom stereocenters. The fourth-order valence-corrected chi connectivity index (χ4v) is 2.04. The molecule has 5 nitrogen and oxygen atoms in total. The number of aryl methyl sites for hydroxylation is 1. The van der Waals surface area contributed by atoms with E-state index in [2.05, 4.69) is 15.3 Å². The van der Waals surface area contributed by atoms with Crippen molar-refractivity contribution in [3.63, 3.8) is 0 Å². The second-order valence-electron chi connectivity index (χ2n) is 4.37. The van der Waals surface area contributed by atoms with E-state index in [4.69, 9.17) is 0 Å². The van der Waals surface area contributed by atoms with Crippen LogP contribution < -0.4 is 5.43 Å². The second-order valence-corrected chi connectivity index (χ2v) is 4.37. The van der Waals surface area contributed by atoms with Crippen molar-refractivity contribution in [3.05, 3.63) is 63.5 Å². The average Bonchev–Trinajstić information content (AvgIpc) is 2.85. The van der Waals surface area contributed by atoms with Crippen LogP contribution in [-0.2, 0) is 6.42 Å². The van der Waals surface area contributed by atoms with Gasteiger partial charge in [0.1, 0.15) is 12.1 Å². The number of benzene rings is 1. The number of aromatic nitrogens is 4. The van der Waals surface area contributed by atoms with Crippen LogP contribution >= 0.6 is 0 Å². The van der Waals surface area contributed by atoms with Crippen LogP contribution in [0, 0.1) is 12.7 Å². The molecule has 0 atom stereocenters. The lowest BCUT2D eigenvalue weighted by Gasteiger charge is -2.06. The van der Waals surface area contributed by atoms with Gasteiger partial charge in [0.2, 0.25) is 11.1 Å². The minimum Gasteiger partial charge on any atom is -0.295 e. The maximum Gasteiger partial charge on any atom is 0.230 e. The standard InChI is InChI=1S/C13H11FN4O/c1-8-11(6-9-2-4-10(14)5-3-9)12(19)13-16-15-7-18(13)17-8/h2-5,7,17H,6H2,1H3. The van der Waals surface area contributed by atoms with Gasteiger partial charge in [0.05, 0.1) is 0 Å². The quantitative estimate of drug-likeness (QED) is 0.756. The van der Waals surface area contributed by atoms with Crippen molar-refractivity contribution in [2.45, 2.75) is 13.3 Å². The Kier molecular flexibility index (Phi) is 2.63. The van der Waals surface area contributed by atoms with Crippen LogP contribution in [0.4, 0.5) is 4.39 Å². The van der Waals surface area contributed by atoms with Gasteiger partial charge in [-0.1, -0.05) is 12.1 Å². The zero-order valence-electron chi connectivity index (χ0n) is 10.2. The molecule has 0 saturated carbocycles. The Morgan fingerprint density at radius 2 is 2.05 bits per heavy atom. The van der Waals surface area contributed by atoms with E-state index in [0.29, 0.717) is 12.0 Å². The van der Waals surface area contributed by atoms with E-state index in [0.717, 1.165) is 11.3 Å². The van der Waals surface area contributed by atoms with Crippen LogP contribution in [0.1, 0.15) is 16.8 Å². The van der Waals surface area contributed by atoms with E-state index in [1.165, 1.54) is 23.0 Å². The van der Waals surface area contributed by atoms with Crippen LogP contribution in [0.5, 0.6) is 0 Å². The monoisotopic (exact) mass is 258 g/mol. The van der Waals surface area contributed by atoms with Gasteiger partial charge in [-0.15, -0.1) is 10.2 Å². The number of aromatic amines is 1. The molecule has 0 aliphatic carbocycles. The van der Waals surface area contributed by atoms with E-state index in [1.54, 1.807) is 12.1 Å². The summed E-state index contributed by atoms with van der Waals surface area (Å²) < 4.78 is 14.4. The Balaban J connectivity index is 2.09. The first-order valence-electron chi connectivity index (χ1n) is 5.81. The van der Waals surface area contributed by atoms with Gasteiger partial charge in [0.25, 0.3) is 0 Å². The van der Waals surface area contributed by atoms with Crippen LogP contribution in [0.3, 0.4) is 0 Å². The summed E-state index contributed by atoms with van der Waals surface area (Å²) in [6, 6.07) is 6.10. The first-order chi connectivity index (χ1) is 9.15. The molecule has 3 aromatic rings. The molecule has 6 heteroatoms. The summed E-state index contributed by atoms with van der Waals surface area (Å²) in [5.41, 5.74) is 2.35. The van der Waals surface area contributed by atoms with Gasteiger partial charge < -0.3 is 0 Å². The van der Waals surface area contributed by atoms with Crippen molar-refractivity contribution in [1.29, 1.82) is 0 Å². The number of H-pyrrole nitrogens is 1. The molecule has 0 amide bonds. The highest BCUT2D eigenvalue weighted by Crippen LogP contribution is 2.10. The smallest absolute Gasteiger partial charge is 0.230 e. The van der Waals surface area contributed by atoms with Crippen molar-refractivity contribution in [1.82, 2.24) is 19.8 Å². The first kappa shape index (κ1) is 11.6. The predicted octanol–water partition coefficient (Wildman–Crippen LogP) is 1.46. The van der Waals surface area contributed by atoms with E-state index >= 15 is 0 Å². The van der Waals surface area contributed by atoms with E-state index in [1.807, 2.05) is 6.92 Å². The number of rotatable bonds is 2. The number of halogens is 1. The summed E-state index contributed by atoms with van der Waals surface area (Å²) in [6.07, 6.45) is 1.89. The molecule has 19 heavy (non-hydrogen) atoms. The van der Waals surface area contributed by atoms with Gasteiger partial charge in [0.15, 0.2) is 0 Å². The Hall–Kier alpha value is -2.50. The van der Waals surface area contributed by atoms with Gasteiger partial charge in [-0.2, -0.15) is 0 Å². The summed E-state index contributed by atoms with van der Waals surface area (Å²) in [5, 5.41) is 10.5. The number of nitrogens with one attached hydrogen (secondary N) is 1. The summed E-state index contributed by atoms with van der Waals surface area (Å²) >= 11 is 0. The average molecular weight is 258 g/mol. The minimum atomic E-state index is -0.290. The van der Waals surface area contributed by atoms with Crippen molar-refractivity contribution in [3.8, 4) is 0 Å². The Labute approximate surface area is 107 Å². The Morgan fingerprint density at radius 1 is 1.32 bits per heavy atom. The number of hydrogen-bond acceptors (Lipinski definition) is 3. The highest BCUT2D eigenvalue weighted by atomic mass is 19.1. The van der Waals surface area contributed by atoms with Crippen LogP contribution in [0.2, 0.25) is 0 Å². The fraction of sp³-hybridized carbons (Fsp3) is 0.154. The fourth-order valence-electron chi connectivity index (χ4n) is 2.04. The van der Waals surface area contributed by atoms with Crippen molar-refractivity contribution in [2.75, 3.05) is 0 Å². The molecule has 0 saturated heterocycles. The van der Waals surface area contributed by atoms with Crippen molar-refractivity contribution in [2.24, 2.45) is 0 Å². The second kappa shape index (κ2) is 4.31. The topological polar surface area (TPSA) is 63.1 Å². The number of hydrogen-bond donors (Lipinski definition) is 1. The van der Waals surface area contributed by atoms with Crippen LogP contribution in [0.25, 0.3) is 5.65 Å². The SMILES string of the molecule is Cc1[nH]n2cnnc2c(=O)c1Cc1ccc(F)cc1. The molecule has 0 aliphatic rings. The zero-order valence-corrected chi connectivity index (χ0v) is 10.2. The van der Waals surface area contributed by atoms with Gasteiger partial charge in [0, 0.05) is 17.7 Å². The molecular formula is C13H11FN4O. The first-order valence-corrected chi connectivity index (χ1v) is 5.81. The van der Waals surface area contributed by atoms with Gasteiger partial charge in [-0.25, -0.2) is 8.91 Å². The molecule has 2 heterocycles. The predicted molar refractivity (Wildman–Crippen MR) is 67.6 cm³/mol. The number of fused-ring (bicyclic) bond motifs is 1. The summed E-state index contributed by atoms with van der Waals surface area (Å²) in [4.78, 5) is 12.3. The van der Waals surface area contributed by atoms with Gasteiger partial charge >= 0.3 is 0 Å². The Bertz CT molecular complexity index is 789. The Morgan fingerprint density at radius 3 is 2.79 bits per heavy atom. The molecule has 0 aliphatic heterocycles. The van der Waals surface area contributed by atoms with E-state index in [-0.39, 0.29) is 16.9 Å². The molecule has 0 spiro atoms. The van der Waals surface area contributed by atoms with Crippen molar-refractivity contribution >= 4 is 5.65 Å². The summed E-state index contributed by atoms with van der Waals surface area (Å²) in [7, 11) is 0. The summed E-state index contributed by atoms with van der Waals surface area (Å²) in [6.45, 7) is 1.82. The molecule has 1 N–H and O–H groups in total. The minimum absolute atomic E-state index is 0.155. The largest absolute Gasteiger partial charge is 0.295 e. The highest BCUT2D eigenvalue weighted by Gasteiger charge is 2.11. The lowest BCUT2D eigenvalue weighted by molar-refractivity contribution is 0.627. The van der Waals surface area contributed by atoms with Gasteiger partial charge in [-0.3, -0.25) is 9.89 Å². The van der Waals surface area contributed by atoms with Crippen molar-refractivity contribution < 1.29 is 4.39 Å². The molecule has 96 valence electrons. The molecule has 3 rings (SSSR count). The van der Waals surface area contributed by atoms with E-state index in [9.17, 15) is 9.18 Å². The molecule has 0 fully saturated rings. The normalized spacial score (nSPS) is 11.1. The van der Waals surface area contributed by atoms with Gasteiger partial charge in [-0.05, 0) is 24.6 Å². The van der Waals surface area contributed by atoms with Crippen LogP contribution in [0.15, 0.2) is 35.4 Å². The lowest BCUT2D eigenvalue weighted by atomic mass is 10.0.